The molecule has 4 rings (SSSR count). The lowest BCUT2D eigenvalue weighted by atomic mass is 9.95. The van der Waals surface area contributed by atoms with E-state index in [1.165, 1.54) is 49.5 Å². The monoisotopic (exact) mass is 514 g/mol. The third-order valence-electron chi connectivity index (χ3n) is 6.30. The number of nitrogens with zero attached hydrogens (tertiary/aromatic N) is 2. The zero-order chi connectivity index (χ0) is 27.2. The molecule has 1 atom stereocenters. The number of benzene rings is 3. The molecule has 1 heterocycles. The van der Waals surface area contributed by atoms with Crippen molar-refractivity contribution in [1.29, 1.82) is 0 Å². The summed E-state index contributed by atoms with van der Waals surface area (Å²) in [5.74, 6) is -0.757. The normalized spacial score (nSPS) is 15.3. The molecule has 9 nitrogen and oxygen atoms in total. The Morgan fingerprint density at radius 3 is 2.34 bits per heavy atom. The van der Waals surface area contributed by atoms with Gasteiger partial charge in [-0.2, -0.15) is 0 Å². The summed E-state index contributed by atoms with van der Waals surface area (Å²) in [5, 5.41) is 22.0. The average molecular weight is 515 g/mol. The van der Waals surface area contributed by atoms with Crippen molar-refractivity contribution in [1.82, 2.24) is 4.90 Å². The number of hydrogen-bond donors (Lipinski definition) is 1. The quantitative estimate of drug-likeness (QED) is 0.234. The lowest BCUT2D eigenvalue weighted by Crippen LogP contribution is -2.33. The Labute approximate surface area is 219 Å². The molecule has 0 bridgehead atoms. The molecule has 1 N–H and O–H groups in total. The van der Waals surface area contributed by atoms with Gasteiger partial charge in [0.05, 0.1) is 30.8 Å². The number of carbonyl (C=O) groups is 2. The van der Waals surface area contributed by atoms with Gasteiger partial charge in [-0.1, -0.05) is 42.5 Å². The predicted molar refractivity (Wildman–Crippen MR) is 141 cm³/mol. The summed E-state index contributed by atoms with van der Waals surface area (Å²) < 4.78 is 10.6. The Balaban J connectivity index is 1.67. The van der Waals surface area contributed by atoms with Gasteiger partial charge in [0.1, 0.15) is 0 Å². The van der Waals surface area contributed by atoms with Crippen molar-refractivity contribution in [3.63, 3.8) is 0 Å². The highest BCUT2D eigenvalue weighted by molar-refractivity contribution is 6.14. The molecular formula is C29H26N2O7. The van der Waals surface area contributed by atoms with E-state index >= 15 is 0 Å². The highest BCUT2D eigenvalue weighted by Gasteiger charge is 2.42. The zero-order valence-electron chi connectivity index (χ0n) is 20.9. The molecule has 194 valence electrons. The van der Waals surface area contributed by atoms with E-state index in [4.69, 9.17) is 9.47 Å². The maximum Gasteiger partial charge on any atom is 0.290 e. The molecule has 38 heavy (non-hydrogen) atoms. The zero-order valence-corrected chi connectivity index (χ0v) is 20.9. The third kappa shape index (κ3) is 5.41. The van der Waals surface area contributed by atoms with Crippen LogP contribution in [0.2, 0.25) is 0 Å². The Kier molecular flexibility index (Phi) is 7.86. The summed E-state index contributed by atoms with van der Waals surface area (Å²) in [4.78, 5) is 38.5. The van der Waals surface area contributed by atoms with Gasteiger partial charge in [0.15, 0.2) is 23.0 Å². The van der Waals surface area contributed by atoms with E-state index in [1.54, 1.807) is 18.2 Å². The molecule has 3 aromatic rings. The number of amides is 1. The number of non-ortho nitro benzene ring substituents is 1. The SMILES string of the molecule is COc1ccc(CCN2C(=O)C(O)=C(C(=O)/C=C/c3ccccc3)C2c2ccc([N+](=O)[O-])cc2)cc1OC. The van der Waals surface area contributed by atoms with E-state index in [-0.39, 0.29) is 17.8 Å². The Hall–Kier alpha value is -4.92. The van der Waals surface area contributed by atoms with Crippen LogP contribution in [0.3, 0.4) is 0 Å². The van der Waals surface area contributed by atoms with Crippen LogP contribution in [0.15, 0.2) is 90.2 Å². The Bertz CT molecular complexity index is 1410. The summed E-state index contributed by atoms with van der Waals surface area (Å²) in [6.07, 6.45) is 3.31. The van der Waals surface area contributed by atoms with Crippen LogP contribution in [0, 0.1) is 10.1 Å². The first-order valence-corrected chi connectivity index (χ1v) is 11.8. The van der Waals surface area contributed by atoms with E-state index in [2.05, 4.69) is 0 Å². The van der Waals surface area contributed by atoms with Crippen molar-refractivity contribution in [3.05, 3.63) is 117 Å². The van der Waals surface area contributed by atoms with Gasteiger partial charge in [-0.3, -0.25) is 19.7 Å². The topological polar surface area (TPSA) is 119 Å². The lowest BCUT2D eigenvalue weighted by molar-refractivity contribution is -0.384. The number of ether oxygens (including phenoxy) is 2. The van der Waals surface area contributed by atoms with E-state index in [0.29, 0.717) is 23.5 Å². The van der Waals surface area contributed by atoms with E-state index in [9.17, 15) is 24.8 Å². The smallest absolute Gasteiger partial charge is 0.290 e. The molecule has 9 heteroatoms. The fourth-order valence-corrected chi connectivity index (χ4v) is 4.37. The molecular weight excluding hydrogens is 488 g/mol. The van der Waals surface area contributed by atoms with Gasteiger partial charge in [-0.05, 0) is 53.5 Å². The summed E-state index contributed by atoms with van der Waals surface area (Å²) in [6, 6.07) is 19.2. The van der Waals surface area contributed by atoms with Crippen LogP contribution in [-0.2, 0) is 16.0 Å². The molecule has 0 saturated heterocycles. The van der Waals surface area contributed by atoms with Crippen molar-refractivity contribution in [2.45, 2.75) is 12.5 Å². The number of aliphatic hydroxyl groups is 1. The summed E-state index contributed by atoms with van der Waals surface area (Å²) in [7, 11) is 3.06. The fraction of sp³-hybridized carbons (Fsp3) is 0.172. The molecule has 1 aliphatic rings. The van der Waals surface area contributed by atoms with Crippen LogP contribution >= 0.6 is 0 Å². The summed E-state index contributed by atoms with van der Waals surface area (Å²) >= 11 is 0. The Morgan fingerprint density at radius 1 is 1.03 bits per heavy atom. The van der Waals surface area contributed by atoms with Gasteiger partial charge < -0.3 is 19.5 Å². The number of methoxy groups -OCH3 is 2. The number of nitro benzene ring substituents is 1. The molecule has 1 unspecified atom stereocenters. The second-order valence-electron chi connectivity index (χ2n) is 8.56. The number of aliphatic hydroxyl groups excluding tert-OH is 1. The number of rotatable bonds is 10. The van der Waals surface area contributed by atoms with Gasteiger partial charge in [0.2, 0.25) is 0 Å². The summed E-state index contributed by atoms with van der Waals surface area (Å²) in [5.41, 5.74) is 1.89. The number of ketones is 1. The molecule has 3 aromatic carbocycles. The second kappa shape index (κ2) is 11.4. The maximum absolute atomic E-state index is 13.3. The number of hydrogen-bond acceptors (Lipinski definition) is 7. The van der Waals surface area contributed by atoms with Gasteiger partial charge in [-0.15, -0.1) is 0 Å². The van der Waals surface area contributed by atoms with E-state index in [1.807, 2.05) is 36.4 Å². The standard InChI is InChI=1S/C29H26N2O7/c1-37-24-15-9-20(18-25(24)38-2)16-17-30-27(21-10-12-22(13-11-21)31(35)36)26(28(33)29(30)34)23(32)14-8-19-6-4-3-5-7-19/h3-15,18,27,33H,16-17H2,1-2H3/b14-8+. The molecule has 1 aliphatic heterocycles. The van der Waals surface area contributed by atoms with Crippen LogP contribution < -0.4 is 9.47 Å². The van der Waals surface area contributed by atoms with Crippen molar-refractivity contribution in [3.8, 4) is 11.5 Å². The minimum atomic E-state index is -0.920. The molecule has 0 aromatic heterocycles. The van der Waals surface area contributed by atoms with Crippen LogP contribution in [0.25, 0.3) is 6.08 Å². The molecule has 0 fully saturated rings. The number of allylic oxidation sites excluding steroid dienone is 1. The number of nitro groups is 1. The fourth-order valence-electron chi connectivity index (χ4n) is 4.37. The first-order valence-electron chi connectivity index (χ1n) is 11.8. The van der Waals surface area contributed by atoms with Crippen molar-refractivity contribution >= 4 is 23.5 Å². The highest BCUT2D eigenvalue weighted by atomic mass is 16.6. The molecule has 0 radical (unpaired) electrons. The molecule has 1 amide bonds. The van der Waals surface area contributed by atoms with Gasteiger partial charge in [-0.25, -0.2) is 0 Å². The number of carbonyl (C=O) groups excluding carboxylic acids is 2. The lowest BCUT2D eigenvalue weighted by Gasteiger charge is -2.26. The summed E-state index contributed by atoms with van der Waals surface area (Å²) in [6.45, 7) is 0.166. The minimum Gasteiger partial charge on any atom is -0.503 e. The van der Waals surface area contributed by atoms with Crippen LogP contribution in [0.5, 0.6) is 11.5 Å². The van der Waals surface area contributed by atoms with Gasteiger partial charge in [0, 0.05) is 18.7 Å². The van der Waals surface area contributed by atoms with Gasteiger partial charge in [0.25, 0.3) is 11.6 Å². The largest absolute Gasteiger partial charge is 0.503 e. The molecule has 0 saturated carbocycles. The first-order chi connectivity index (χ1) is 18.3. The Morgan fingerprint density at radius 2 is 1.71 bits per heavy atom. The van der Waals surface area contributed by atoms with Crippen molar-refractivity contribution < 1.29 is 29.1 Å². The maximum atomic E-state index is 13.3. The van der Waals surface area contributed by atoms with Crippen LogP contribution in [0.4, 0.5) is 5.69 Å². The molecule has 0 aliphatic carbocycles. The first kappa shape index (κ1) is 26.2. The van der Waals surface area contributed by atoms with E-state index in [0.717, 1.165) is 11.1 Å². The third-order valence-corrected chi connectivity index (χ3v) is 6.30. The van der Waals surface area contributed by atoms with Crippen LogP contribution in [0.1, 0.15) is 22.7 Å². The van der Waals surface area contributed by atoms with Crippen LogP contribution in [-0.4, -0.2) is 47.4 Å². The molecule has 0 spiro atoms. The minimum absolute atomic E-state index is 0.0802. The van der Waals surface area contributed by atoms with Gasteiger partial charge >= 0.3 is 0 Å². The van der Waals surface area contributed by atoms with E-state index < -0.39 is 28.4 Å². The average Bonchev–Trinajstić information content (AvgIpc) is 3.20. The highest BCUT2D eigenvalue weighted by Crippen LogP contribution is 2.39. The second-order valence-corrected chi connectivity index (χ2v) is 8.56. The van der Waals surface area contributed by atoms with Crippen molar-refractivity contribution in [2.24, 2.45) is 0 Å². The predicted octanol–water partition coefficient (Wildman–Crippen LogP) is 4.83. The van der Waals surface area contributed by atoms with Crippen molar-refractivity contribution in [2.75, 3.05) is 20.8 Å².